The molecule has 1 amide bonds. The van der Waals surface area contributed by atoms with E-state index in [1.54, 1.807) is 0 Å². The molecule has 0 spiro atoms. The number of hydrogen-bond donors (Lipinski definition) is 3. The number of anilines is 1. The molecule has 0 radical (unpaired) electrons. The van der Waals surface area contributed by atoms with Crippen molar-refractivity contribution in [3.63, 3.8) is 0 Å². The molecule has 1 aliphatic rings. The molecule has 0 bridgehead atoms. The Labute approximate surface area is 145 Å². The summed E-state index contributed by atoms with van der Waals surface area (Å²) in [6, 6.07) is 9.21. The molecule has 0 aromatic heterocycles. The second kappa shape index (κ2) is 7.19. The summed E-state index contributed by atoms with van der Waals surface area (Å²) in [6.45, 7) is 0.625. The molecule has 0 unspecified atom stereocenters. The van der Waals surface area contributed by atoms with Gasteiger partial charge in [-0.1, -0.05) is 18.2 Å². The lowest BCUT2D eigenvalue weighted by Gasteiger charge is -2.17. The van der Waals surface area contributed by atoms with Crippen LogP contribution in [-0.4, -0.2) is 5.91 Å². The molecule has 1 saturated carbocycles. The summed E-state index contributed by atoms with van der Waals surface area (Å²) >= 11 is 0. The van der Waals surface area contributed by atoms with Gasteiger partial charge >= 0.3 is 0 Å². The average Bonchev–Trinajstić information content (AvgIpc) is 3.44. The molecule has 0 atom stereocenters. The van der Waals surface area contributed by atoms with Crippen LogP contribution in [0.3, 0.4) is 0 Å². The molecule has 1 fully saturated rings. The van der Waals surface area contributed by atoms with Gasteiger partial charge in [-0.3, -0.25) is 4.79 Å². The van der Waals surface area contributed by atoms with Gasteiger partial charge in [0.25, 0.3) is 12.3 Å². The van der Waals surface area contributed by atoms with Gasteiger partial charge in [-0.05, 0) is 53.6 Å². The van der Waals surface area contributed by atoms with Gasteiger partial charge in [-0.2, -0.15) is 0 Å². The first kappa shape index (κ1) is 17.4. The van der Waals surface area contributed by atoms with Crippen molar-refractivity contribution in [3.8, 4) is 0 Å². The summed E-state index contributed by atoms with van der Waals surface area (Å²) in [6.07, 6.45) is -0.286. The first-order chi connectivity index (χ1) is 12.0. The van der Waals surface area contributed by atoms with Crippen LogP contribution in [0.25, 0.3) is 0 Å². The fourth-order valence-corrected chi connectivity index (χ4v) is 3.01. The Morgan fingerprint density at radius 2 is 1.80 bits per heavy atom. The van der Waals surface area contributed by atoms with E-state index in [9.17, 15) is 13.6 Å². The van der Waals surface area contributed by atoms with Crippen molar-refractivity contribution >= 4 is 11.6 Å². The van der Waals surface area contributed by atoms with Gasteiger partial charge in [-0.15, -0.1) is 0 Å². The second-order valence-electron chi connectivity index (χ2n) is 6.28. The minimum atomic E-state index is -2.54. The number of carbonyl (C=O) groups excluding carboxylic acids is 1. The van der Waals surface area contributed by atoms with Crippen molar-refractivity contribution in [2.45, 2.75) is 38.3 Å². The maximum atomic E-state index is 12.6. The molecular weight excluding hydrogens is 324 g/mol. The van der Waals surface area contributed by atoms with Gasteiger partial charge in [0.1, 0.15) is 0 Å². The zero-order valence-electron chi connectivity index (χ0n) is 13.8. The zero-order valence-corrected chi connectivity index (χ0v) is 13.8. The van der Waals surface area contributed by atoms with Crippen LogP contribution in [0.5, 0.6) is 0 Å². The predicted molar refractivity (Wildman–Crippen MR) is 93.3 cm³/mol. The maximum Gasteiger partial charge on any atom is 0.263 e. The number of nitrogen functional groups attached to an aromatic ring is 1. The lowest BCUT2D eigenvalue weighted by atomic mass is 9.96. The minimum absolute atomic E-state index is 0.103. The Balaban J connectivity index is 1.76. The summed E-state index contributed by atoms with van der Waals surface area (Å²) in [5.41, 5.74) is 15.7. The van der Waals surface area contributed by atoms with Crippen molar-refractivity contribution < 1.29 is 13.6 Å². The number of benzene rings is 2. The second-order valence-corrected chi connectivity index (χ2v) is 6.28. The lowest BCUT2D eigenvalue weighted by molar-refractivity contribution is 0.0950. The van der Waals surface area contributed by atoms with E-state index in [0.717, 1.165) is 24.0 Å². The maximum absolute atomic E-state index is 12.6. The van der Waals surface area contributed by atoms with Crippen molar-refractivity contribution in [2.24, 2.45) is 5.73 Å². The van der Waals surface area contributed by atoms with Crippen LogP contribution in [0, 0.1) is 0 Å². The van der Waals surface area contributed by atoms with Gasteiger partial charge in [0.2, 0.25) is 0 Å². The summed E-state index contributed by atoms with van der Waals surface area (Å²) < 4.78 is 25.2. The fraction of sp³-hybridized carbons (Fsp3) is 0.316. The Morgan fingerprint density at radius 3 is 2.36 bits per heavy atom. The van der Waals surface area contributed by atoms with E-state index in [1.807, 2.05) is 12.1 Å². The molecule has 132 valence electrons. The highest BCUT2D eigenvalue weighted by Gasteiger charge is 2.27. The van der Waals surface area contributed by atoms with Crippen molar-refractivity contribution in [3.05, 3.63) is 64.2 Å². The number of rotatable bonds is 6. The number of carbonyl (C=O) groups is 1. The van der Waals surface area contributed by atoms with E-state index in [4.69, 9.17) is 11.5 Å². The number of nitrogens with one attached hydrogen (secondary N) is 1. The van der Waals surface area contributed by atoms with E-state index in [1.165, 1.54) is 29.8 Å². The molecule has 1 aliphatic carbocycles. The van der Waals surface area contributed by atoms with Crippen LogP contribution >= 0.6 is 0 Å². The summed E-state index contributed by atoms with van der Waals surface area (Å²) in [4.78, 5) is 12.3. The van der Waals surface area contributed by atoms with Crippen LogP contribution in [0.15, 0.2) is 36.4 Å². The lowest BCUT2D eigenvalue weighted by Crippen LogP contribution is -2.25. The molecule has 2 aromatic carbocycles. The molecule has 3 rings (SSSR count). The van der Waals surface area contributed by atoms with E-state index < -0.39 is 6.43 Å². The largest absolute Gasteiger partial charge is 0.398 e. The third kappa shape index (κ3) is 3.79. The predicted octanol–water partition coefficient (Wildman–Crippen LogP) is 3.47. The summed E-state index contributed by atoms with van der Waals surface area (Å²) in [5.74, 6) is 0.191. The molecule has 5 N–H and O–H groups in total. The number of halogens is 2. The van der Waals surface area contributed by atoms with Crippen molar-refractivity contribution in [2.75, 3.05) is 5.73 Å². The molecule has 0 aliphatic heterocycles. The first-order valence-electron chi connectivity index (χ1n) is 8.27. The SMILES string of the molecule is NCc1c(N)ccc(C2CC2)c1CNC(=O)c1ccc(C(F)F)cc1. The Morgan fingerprint density at radius 1 is 1.12 bits per heavy atom. The molecule has 25 heavy (non-hydrogen) atoms. The van der Waals surface area contributed by atoms with Crippen LogP contribution in [-0.2, 0) is 13.1 Å². The average molecular weight is 345 g/mol. The van der Waals surface area contributed by atoms with Crippen molar-refractivity contribution in [1.82, 2.24) is 5.32 Å². The van der Waals surface area contributed by atoms with Crippen LogP contribution < -0.4 is 16.8 Å². The van der Waals surface area contributed by atoms with Crippen LogP contribution in [0.1, 0.15) is 57.8 Å². The van der Waals surface area contributed by atoms with E-state index in [2.05, 4.69) is 5.32 Å². The van der Waals surface area contributed by atoms with Gasteiger partial charge < -0.3 is 16.8 Å². The Bertz CT molecular complexity index is 771. The molecule has 2 aromatic rings. The zero-order chi connectivity index (χ0) is 18.0. The minimum Gasteiger partial charge on any atom is -0.398 e. The highest BCUT2D eigenvalue weighted by atomic mass is 19.3. The van der Waals surface area contributed by atoms with Crippen LogP contribution in [0.2, 0.25) is 0 Å². The summed E-state index contributed by atoms with van der Waals surface area (Å²) in [5, 5.41) is 2.85. The Kier molecular flexibility index (Phi) is 4.99. The number of alkyl halides is 2. The number of nitrogens with two attached hydrogens (primary N) is 2. The Hall–Kier alpha value is -2.47. The third-order valence-electron chi connectivity index (χ3n) is 4.58. The molecule has 6 heteroatoms. The quantitative estimate of drug-likeness (QED) is 0.701. The monoisotopic (exact) mass is 345 g/mol. The molecular formula is C19H21F2N3O. The van der Waals surface area contributed by atoms with Gasteiger partial charge in [0.15, 0.2) is 0 Å². The number of hydrogen-bond acceptors (Lipinski definition) is 3. The van der Waals surface area contributed by atoms with Gasteiger partial charge in [0.05, 0.1) is 0 Å². The normalized spacial score (nSPS) is 13.9. The van der Waals surface area contributed by atoms with E-state index in [-0.39, 0.29) is 11.5 Å². The standard InChI is InChI=1S/C19H21F2N3O/c20-18(21)12-3-5-13(6-4-12)19(25)24-10-16-14(11-1-2-11)7-8-17(23)15(16)9-22/h3-8,11,18H,1-2,9-10,22-23H2,(H,24,25). The smallest absolute Gasteiger partial charge is 0.263 e. The van der Waals surface area contributed by atoms with E-state index >= 15 is 0 Å². The first-order valence-corrected chi connectivity index (χ1v) is 8.27. The topological polar surface area (TPSA) is 81.1 Å². The third-order valence-corrected chi connectivity index (χ3v) is 4.58. The highest BCUT2D eigenvalue weighted by Crippen LogP contribution is 2.43. The van der Waals surface area contributed by atoms with Crippen LogP contribution in [0.4, 0.5) is 14.5 Å². The highest BCUT2D eigenvalue weighted by molar-refractivity contribution is 5.94. The van der Waals surface area contributed by atoms with Gasteiger partial charge in [0, 0.05) is 29.9 Å². The number of amides is 1. The van der Waals surface area contributed by atoms with E-state index in [0.29, 0.717) is 30.3 Å². The van der Waals surface area contributed by atoms with Gasteiger partial charge in [-0.25, -0.2) is 8.78 Å². The fourth-order valence-electron chi connectivity index (χ4n) is 3.01. The molecule has 0 saturated heterocycles. The summed E-state index contributed by atoms with van der Waals surface area (Å²) in [7, 11) is 0. The molecule has 4 nitrogen and oxygen atoms in total. The molecule has 0 heterocycles. The van der Waals surface area contributed by atoms with Crippen molar-refractivity contribution in [1.29, 1.82) is 0 Å².